The van der Waals surface area contributed by atoms with Crippen molar-refractivity contribution in [2.45, 2.75) is 38.6 Å². The topological polar surface area (TPSA) is 92.2 Å². The summed E-state index contributed by atoms with van der Waals surface area (Å²) >= 11 is 5.96. The number of carbonyl (C=O) groups excluding carboxylic acids is 1. The Morgan fingerprint density at radius 1 is 0.943 bits per heavy atom. The molecule has 0 saturated heterocycles. The minimum absolute atomic E-state index is 0.123. The van der Waals surface area contributed by atoms with Crippen LogP contribution in [0.1, 0.15) is 53.8 Å². The zero-order chi connectivity index (χ0) is 24.8. The summed E-state index contributed by atoms with van der Waals surface area (Å²) in [4.78, 5) is 33.5. The maximum Gasteiger partial charge on any atom is 0.303 e. The third-order valence-electron chi connectivity index (χ3n) is 5.82. The third-order valence-corrected chi connectivity index (χ3v) is 6.07. The molecule has 0 aliphatic rings. The number of carboxylic acid groups (broad SMARTS) is 1. The van der Waals surface area contributed by atoms with Crippen LogP contribution < -0.4 is 5.32 Å². The summed E-state index contributed by atoms with van der Waals surface area (Å²) in [5.74, 6) is -1.01. The number of aromatic nitrogens is 2. The third kappa shape index (κ3) is 6.22. The first-order chi connectivity index (χ1) is 16.9. The van der Waals surface area contributed by atoms with Crippen molar-refractivity contribution in [2.75, 3.05) is 0 Å². The molecule has 3 aromatic carbocycles. The first kappa shape index (κ1) is 24.4. The molecule has 0 saturated carbocycles. The molecular formula is C28H26ClN3O3. The fraction of sp³-hybridized carbons (Fsp3) is 0.214. The van der Waals surface area contributed by atoms with Gasteiger partial charge in [0.2, 0.25) is 0 Å². The Kier molecular flexibility index (Phi) is 7.73. The van der Waals surface area contributed by atoms with Crippen LogP contribution >= 0.6 is 11.6 Å². The molecule has 4 rings (SSSR count). The molecule has 0 fully saturated rings. The molecule has 178 valence electrons. The zero-order valence-corrected chi connectivity index (χ0v) is 20.1. The van der Waals surface area contributed by atoms with Crippen LogP contribution in [0.5, 0.6) is 0 Å². The molecule has 0 unspecified atom stereocenters. The van der Waals surface area contributed by atoms with E-state index in [0.29, 0.717) is 40.9 Å². The van der Waals surface area contributed by atoms with Crippen molar-refractivity contribution in [1.82, 2.24) is 15.3 Å². The molecule has 0 bridgehead atoms. The van der Waals surface area contributed by atoms with E-state index in [1.165, 1.54) is 0 Å². The molecule has 0 aliphatic heterocycles. The van der Waals surface area contributed by atoms with Gasteiger partial charge in [0, 0.05) is 22.6 Å². The largest absolute Gasteiger partial charge is 0.481 e. The van der Waals surface area contributed by atoms with Gasteiger partial charge in [-0.1, -0.05) is 54.1 Å². The quantitative estimate of drug-likeness (QED) is 0.273. The van der Waals surface area contributed by atoms with E-state index in [0.717, 1.165) is 22.5 Å². The van der Waals surface area contributed by atoms with Crippen molar-refractivity contribution in [3.05, 3.63) is 94.6 Å². The second kappa shape index (κ2) is 11.1. The van der Waals surface area contributed by atoms with Crippen LogP contribution in [0.15, 0.2) is 72.8 Å². The van der Waals surface area contributed by atoms with Gasteiger partial charge < -0.3 is 10.4 Å². The normalized spacial score (nSPS) is 11.8. The van der Waals surface area contributed by atoms with E-state index >= 15 is 0 Å². The maximum absolute atomic E-state index is 12.9. The number of hydrogen-bond acceptors (Lipinski definition) is 4. The number of hydrogen-bond donors (Lipinski definition) is 2. The number of nitrogens with one attached hydrogen (secondary N) is 1. The lowest BCUT2D eigenvalue weighted by Crippen LogP contribution is -2.26. The monoisotopic (exact) mass is 487 g/mol. The lowest BCUT2D eigenvalue weighted by atomic mass is 10.0. The summed E-state index contributed by atoms with van der Waals surface area (Å²) in [6.45, 7) is 1.92. The second-order valence-corrected chi connectivity index (χ2v) is 8.87. The van der Waals surface area contributed by atoms with E-state index in [9.17, 15) is 9.59 Å². The molecule has 2 N–H and O–H groups in total. The van der Waals surface area contributed by atoms with Gasteiger partial charge in [0.15, 0.2) is 0 Å². The highest BCUT2D eigenvalue weighted by Gasteiger charge is 2.15. The number of rotatable bonds is 9. The van der Waals surface area contributed by atoms with E-state index in [1.54, 1.807) is 24.3 Å². The SMILES string of the molecule is C[C@H](NC(=O)c1ccc2nc(-c3ccccc3)c(CCCCC(=O)O)nc2c1)c1ccc(Cl)cc1. The van der Waals surface area contributed by atoms with Crippen LogP contribution in [0.25, 0.3) is 22.3 Å². The summed E-state index contributed by atoms with van der Waals surface area (Å²) in [5.41, 5.74) is 5.30. The smallest absolute Gasteiger partial charge is 0.303 e. The zero-order valence-electron chi connectivity index (χ0n) is 19.4. The van der Waals surface area contributed by atoms with E-state index in [4.69, 9.17) is 26.7 Å². The summed E-state index contributed by atoms with van der Waals surface area (Å²) in [6, 6.07) is 22.3. The van der Waals surface area contributed by atoms with Crippen molar-refractivity contribution < 1.29 is 14.7 Å². The van der Waals surface area contributed by atoms with Crippen LogP contribution in [-0.4, -0.2) is 27.0 Å². The number of aryl methyl sites for hydroxylation is 1. The number of carbonyl (C=O) groups is 2. The first-order valence-electron chi connectivity index (χ1n) is 11.5. The van der Waals surface area contributed by atoms with E-state index in [2.05, 4.69) is 5.32 Å². The maximum atomic E-state index is 12.9. The Hall–Kier alpha value is -3.77. The van der Waals surface area contributed by atoms with Gasteiger partial charge in [-0.25, -0.2) is 9.97 Å². The van der Waals surface area contributed by atoms with Crippen LogP contribution in [0, 0.1) is 0 Å². The number of unbranched alkanes of at least 4 members (excludes halogenated alkanes) is 1. The van der Waals surface area contributed by atoms with Gasteiger partial charge in [-0.2, -0.15) is 0 Å². The average molecular weight is 488 g/mol. The van der Waals surface area contributed by atoms with Gasteiger partial charge >= 0.3 is 5.97 Å². The molecule has 0 radical (unpaired) electrons. The number of fused-ring (bicyclic) bond motifs is 1. The standard InChI is InChI=1S/C28H26ClN3O3/c1-18(19-11-14-22(29)15-12-19)30-28(35)21-13-16-23-25(17-21)31-24(9-5-6-10-26(33)34)27(32-23)20-7-3-2-4-8-20/h2-4,7-8,11-18H,5-6,9-10H2,1H3,(H,30,35)(H,33,34)/t18-/m0/s1. The van der Waals surface area contributed by atoms with Gasteiger partial charge in [-0.05, 0) is 62.1 Å². The number of amides is 1. The lowest BCUT2D eigenvalue weighted by molar-refractivity contribution is -0.137. The minimum Gasteiger partial charge on any atom is -0.481 e. The second-order valence-electron chi connectivity index (χ2n) is 8.44. The van der Waals surface area contributed by atoms with Crippen LogP contribution in [0.3, 0.4) is 0 Å². The number of aliphatic carboxylic acids is 1. The van der Waals surface area contributed by atoms with Gasteiger partial charge in [0.25, 0.3) is 5.91 Å². The highest BCUT2D eigenvalue weighted by Crippen LogP contribution is 2.25. The predicted octanol–water partition coefficient (Wildman–Crippen LogP) is 6.24. The van der Waals surface area contributed by atoms with Gasteiger partial charge in [-0.3, -0.25) is 9.59 Å². The Balaban J connectivity index is 1.61. The number of halogens is 1. The summed E-state index contributed by atoms with van der Waals surface area (Å²) in [5, 5.41) is 12.6. The molecule has 1 heterocycles. The van der Waals surface area contributed by atoms with E-state index in [-0.39, 0.29) is 18.4 Å². The molecule has 1 atom stereocenters. The molecule has 6 nitrogen and oxygen atoms in total. The fourth-order valence-corrected chi connectivity index (χ4v) is 4.04. The van der Waals surface area contributed by atoms with Crippen LogP contribution in [-0.2, 0) is 11.2 Å². The fourth-order valence-electron chi connectivity index (χ4n) is 3.92. The van der Waals surface area contributed by atoms with E-state index in [1.807, 2.05) is 55.5 Å². The lowest BCUT2D eigenvalue weighted by Gasteiger charge is -2.15. The van der Waals surface area contributed by atoms with Gasteiger partial charge in [-0.15, -0.1) is 0 Å². The van der Waals surface area contributed by atoms with Gasteiger partial charge in [0.05, 0.1) is 28.5 Å². The summed E-state index contributed by atoms with van der Waals surface area (Å²) < 4.78 is 0. The molecule has 0 aliphatic carbocycles. The molecule has 7 heteroatoms. The molecule has 0 spiro atoms. The summed E-state index contributed by atoms with van der Waals surface area (Å²) in [7, 11) is 0. The Bertz CT molecular complexity index is 1340. The summed E-state index contributed by atoms with van der Waals surface area (Å²) in [6.07, 6.45) is 1.97. The van der Waals surface area contributed by atoms with Crippen molar-refractivity contribution in [1.29, 1.82) is 0 Å². The Morgan fingerprint density at radius 2 is 1.69 bits per heavy atom. The highest BCUT2D eigenvalue weighted by molar-refractivity contribution is 6.30. The molecule has 1 amide bonds. The van der Waals surface area contributed by atoms with Crippen LogP contribution in [0.2, 0.25) is 5.02 Å². The average Bonchev–Trinajstić information content (AvgIpc) is 2.86. The molecule has 1 aromatic heterocycles. The van der Waals surface area contributed by atoms with Crippen molar-refractivity contribution in [2.24, 2.45) is 0 Å². The van der Waals surface area contributed by atoms with Crippen molar-refractivity contribution in [3.8, 4) is 11.3 Å². The predicted molar refractivity (Wildman–Crippen MR) is 137 cm³/mol. The molecule has 4 aromatic rings. The van der Waals surface area contributed by atoms with Crippen molar-refractivity contribution in [3.63, 3.8) is 0 Å². The minimum atomic E-state index is -0.804. The van der Waals surface area contributed by atoms with Crippen molar-refractivity contribution >= 4 is 34.5 Å². The van der Waals surface area contributed by atoms with E-state index < -0.39 is 5.97 Å². The number of carboxylic acids is 1. The number of nitrogens with zero attached hydrogens (tertiary/aromatic N) is 2. The van der Waals surface area contributed by atoms with Crippen LogP contribution in [0.4, 0.5) is 0 Å². The highest BCUT2D eigenvalue weighted by atomic mass is 35.5. The molecular weight excluding hydrogens is 462 g/mol. The molecule has 35 heavy (non-hydrogen) atoms. The Labute approximate surface area is 209 Å². The Morgan fingerprint density at radius 3 is 2.40 bits per heavy atom. The van der Waals surface area contributed by atoms with Gasteiger partial charge in [0.1, 0.15) is 0 Å². The first-order valence-corrected chi connectivity index (χ1v) is 11.9. The number of benzene rings is 3.